The smallest absolute Gasteiger partial charge is 0.378 e. The largest absolute Gasteiger partial charge is 0.418 e. The van der Waals surface area contributed by atoms with Gasteiger partial charge in [-0.25, -0.2) is 0 Å². The molecule has 2 aromatic heterocycles. The molecule has 0 spiro atoms. The Morgan fingerprint density at radius 3 is 2.59 bits per heavy atom. The second kappa shape index (κ2) is 7.10. The van der Waals surface area contributed by atoms with E-state index in [0.29, 0.717) is 11.3 Å². The number of benzene rings is 1. The summed E-state index contributed by atoms with van der Waals surface area (Å²) >= 11 is 0. The first kappa shape index (κ1) is 18.4. The molecule has 0 atom stereocenters. The third kappa shape index (κ3) is 4.08. The monoisotopic (exact) mass is 376 g/mol. The minimum atomic E-state index is -4.63. The zero-order chi connectivity index (χ0) is 19.6. The summed E-state index contributed by atoms with van der Waals surface area (Å²) in [5.74, 6) is -0.524. The highest BCUT2D eigenvalue weighted by Gasteiger charge is 2.34. The van der Waals surface area contributed by atoms with Crippen LogP contribution in [0.2, 0.25) is 0 Å². The maximum atomic E-state index is 13.4. The Morgan fingerprint density at radius 2 is 1.96 bits per heavy atom. The number of alkyl halides is 3. The van der Waals surface area contributed by atoms with Crippen molar-refractivity contribution in [3.05, 3.63) is 60.0 Å². The van der Waals surface area contributed by atoms with Gasteiger partial charge in [-0.1, -0.05) is 5.16 Å². The first-order valence-corrected chi connectivity index (χ1v) is 7.83. The summed E-state index contributed by atoms with van der Waals surface area (Å²) in [4.78, 5) is 17.8. The second-order valence-electron chi connectivity index (χ2n) is 5.89. The van der Waals surface area contributed by atoms with Gasteiger partial charge >= 0.3 is 6.18 Å². The fraction of sp³-hybridized carbons (Fsp3) is 0.167. The standard InChI is InChI=1S/C18H15F3N4O2/c1-25(2)12-5-6-14(13(8-12)18(19,20)21)23-17(26)15-9-16(27-24-15)11-4-3-7-22-10-11/h3-10H,1-2H3,(H,23,26). The third-order valence-electron chi connectivity index (χ3n) is 3.76. The van der Waals surface area contributed by atoms with Crippen molar-refractivity contribution in [3.63, 3.8) is 0 Å². The normalized spacial score (nSPS) is 11.3. The number of halogens is 3. The average Bonchev–Trinajstić information content (AvgIpc) is 3.12. The van der Waals surface area contributed by atoms with E-state index >= 15 is 0 Å². The minimum absolute atomic E-state index is 0.140. The highest BCUT2D eigenvalue weighted by molar-refractivity contribution is 6.03. The van der Waals surface area contributed by atoms with Crippen LogP contribution >= 0.6 is 0 Å². The second-order valence-corrected chi connectivity index (χ2v) is 5.89. The number of hydrogen-bond acceptors (Lipinski definition) is 5. The average molecular weight is 376 g/mol. The SMILES string of the molecule is CN(C)c1ccc(NC(=O)c2cc(-c3cccnc3)on2)c(C(F)(F)F)c1. The Morgan fingerprint density at radius 1 is 1.19 bits per heavy atom. The molecule has 2 heterocycles. The van der Waals surface area contributed by atoms with Gasteiger partial charge in [0.2, 0.25) is 0 Å². The summed E-state index contributed by atoms with van der Waals surface area (Å²) in [6, 6.07) is 8.39. The number of pyridine rings is 1. The van der Waals surface area contributed by atoms with E-state index in [4.69, 9.17) is 4.52 Å². The van der Waals surface area contributed by atoms with E-state index in [1.54, 1.807) is 37.3 Å². The van der Waals surface area contributed by atoms with Gasteiger partial charge in [-0.2, -0.15) is 13.2 Å². The molecule has 1 N–H and O–H groups in total. The molecule has 140 valence electrons. The highest BCUT2D eigenvalue weighted by atomic mass is 19.4. The fourth-order valence-corrected chi connectivity index (χ4v) is 2.37. The fourth-order valence-electron chi connectivity index (χ4n) is 2.37. The summed E-state index contributed by atoms with van der Waals surface area (Å²) in [7, 11) is 3.26. The number of rotatable bonds is 4. The number of carbonyl (C=O) groups is 1. The Hall–Kier alpha value is -3.36. The summed E-state index contributed by atoms with van der Waals surface area (Å²) in [5, 5.41) is 5.87. The molecule has 0 aliphatic heterocycles. The van der Waals surface area contributed by atoms with Crippen molar-refractivity contribution in [2.24, 2.45) is 0 Å². The van der Waals surface area contributed by atoms with Crippen molar-refractivity contribution in [3.8, 4) is 11.3 Å². The first-order chi connectivity index (χ1) is 12.8. The number of nitrogens with zero attached hydrogens (tertiary/aromatic N) is 3. The number of amides is 1. The van der Waals surface area contributed by atoms with Crippen LogP contribution in [0, 0.1) is 0 Å². The van der Waals surface area contributed by atoms with Gasteiger partial charge in [-0.15, -0.1) is 0 Å². The molecule has 0 aliphatic carbocycles. The summed E-state index contributed by atoms with van der Waals surface area (Å²) in [6.07, 6.45) is -1.53. The summed E-state index contributed by atoms with van der Waals surface area (Å²) in [6.45, 7) is 0. The van der Waals surface area contributed by atoms with Gasteiger partial charge in [0.15, 0.2) is 11.5 Å². The molecule has 0 radical (unpaired) electrons. The van der Waals surface area contributed by atoms with Gasteiger partial charge < -0.3 is 14.7 Å². The predicted molar refractivity (Wildman–Crippen MR) is 93.5 cm³/mol. The van der Waals surface area contributed by atoms with Crippen LogP contribution in [0.1, 0.15) is 16.1 Å². The van der Waals surface area contributed by atoms with Crippen molar-refractivity contribution < 1.29 is 22.5 Å². The number of nitrogens with one attached hydrogen (secondary N) is 1. The molecule has 0 saturated carbocycles. The molecular formula is C18H15F3N4O2. The number of hydrogen-bond donors (Lipinski definition) is 1. The van der Waals surface area contributed by atoms with Crippen molar-refractivity contribution in [2.45, 2.75) is 6.18 Å². The van der Waals surface area contributed by atoms with Crippen molar-refractivity contribution in [2.75, 3.05) is 24.3 Å². The zero-order valence-electron chi connectivity index (χ0n) is 14.4. The van der Waals surface area contributed by atoms with Gasteiger partial charge in [0.05, 0.1) is 11.3 Å². The minimum Gasteiger partial charge on any atom is -0.378 e. The van der Waals surface area contributed by atoms with Gasteiger partial charge in [-0.3, -0.25) is 9.78 Å². The third-order valence-corrected chi connectivity index (χ3v) is 3.76. The van der Waals surface area contributed by atoms with Crippen LogP contribution in [0.4, 0.5) is 24.5 Å². The van der Waals surface area contributed by atoms with Crippen molar-refractivity contribution in [1.82, 2.24) is 10.1 Å². The lowest BCUT2D eigenvalue weighted by Gasteiger charge is -2.18. The molecule has 9 heteroatoms. The van der Waals surface area contributed by atoms with E-state index < -0.39 is 17.6 Å². The molecule has 0 bridgehead atoms. The predicted octanol–water partition coefficient (Wildman–Crippen LogP) is 4.07. The van der Waals surface area contributed by atoms with Gasteiger partial charge in [0.1, 0.15) is 0 Å². The molecule has 0 fully saturated rings. The topological polar surface area (TPSA) is 71.3 Å². The van der Waals surface area contributed by atoms with Crippen LogP contribution in [0.25, 0.3) is 11.3 Å². The molecule has 1 amide bonds. The maximum absolute atomic E-state index is 13.4. The van der Waals surface area contributed by atoms with Crippen LogP contribution in [-0.2, 0) is 6.18 Å². The van der Waals surface area contributed by atoms with E-state index in [0.717, 1.165) is 6.07 Å². The lowest BCUT2D eigenvalue weighted by Crippen LogP contribution is -2.18. The van der Waals surface area contributed by atoms with Crippen molar-refractivity contribution >= 4 is 17.3 Å². The Bertz CT molecular complexity index is 953. The Labute approximate surface area is 152 Å². The molecule has 3 aromatic rings. The lowest BCUT2D eigenvalue weighted by atomic mass is 10.1. The molecule has 3 rings (SSSR count). The highest BCUT2D eigenvalue weighted by Crippen LogP contribution is 2.37. The van der Waals surface area contributed by atoms with Crippen LogP contribution in [0.15, 0.2) is 53.3 Å². The molecule has 27 heavy (non-hydrogen) atoms. The van der Waals surface area contributed by atoms with E-state index in [9.17, 15) is 18.0 Å². The van der Waals surface area contributed by atoms with E-state index in [1.165, 1.54) is 24.4 Å². The van der Waals surface area contributed by atoms with E-state index in [2.05, 4.69) is 15.5 Å². The Balaban J connectivity index is 1.87. The summed E-state index contributed by atoms with van der Waals surface area (Å²) in [5.41, 5.74) is -0.489. The number of carbonyl (C=O) groups excluding carboxylic acids is 1. The van der Waals surface area contributed by atoms with Crippen LogP contribution in [0.5, 0.6) is 0 Å². The number of anilines is 2. The van der Waals surface area contributed by atoms with Gasteiger partial charge in [0, 0.05) is 43.8 Å². The lowest BCUT2D eigenvalue weighted by molar-refractivity contribution is -0.136. The van der Waals surface area contributed by atoms with E-state index in [-0.39, 0.29) is 17.1 Å². The van der Waals surface area contributed by atoms with Gasteiger partial charge in [0.25, 0.3) is 5.91 Å². The molecule has 0 aliphatic rings. The van der Waals surface area contributed by atoms with Crippen molar-refractivity contribution in [1.29, 1.82) is 0 Å². The molecule has 0 unspecified atom stereocenters. The van der Waals surface area contributed by atoms with E-state index in [1.807, 2.05) is 0 Å². The molecule has 6 nitrogen and oxygen atoms in total. The summed E-state index contributed by atoms with van der Waals surface area (Å²) < 4.78 is 45.2. The van der Waals surface area contributed by atoms with Crippen LogP contribution in [-0.4, -0.2) is 30.1 Å². The first-order valence-electron chi connectivity index (χ1n) is 7.83. The van der Waals surface area contributed by atoms with Gasteiger partial charge in [-0.05, 0) is 30.3 Å². The quantitative estimate of drug-likeness (QED) is 0.743. The molecule has 1 aromatic carbocycles. The Kier molecular flexibility index (Phi) is 4.85. The maximum Gasteiger partial charge on any atom is 0.418 e. The van der Waals surface area contributed by atoms with Crippen LogP contribution < -0.4 is 10.2 Å². The molecule has 0 saturated heterocycles. The van der Waals surface area contributed by atoms with Crippen LogP contribution in [0.3, 0.4) is 0 Å². The number of aromatic nitrogens is 2. The zero-order valence-corrected chi connectivity index (χ0v) is 14.4. The molecular weight excluding hydrogens is 361 g/mol.